The van der Waals surface area contributed by atoms with Crippen molar-refractivity contribution in [2.75, 3.05) is 20.8 Å². The maximum atomic E-state index is 6.46. The number of benzene rings is 1. The fourth-order valence-electron chi connectivity index (χ4n) is 2.87. The zero-order valence-electron chi connectivity index (χ0n) is 16.7. The van der Waals surface area contributed by atoms with Crippen LogP contribution in [0.5, 0.6) is 17.2 Å². The third-order valence-electron chi connectivity index (χ3n) is 4.61. The van der Waals surface area contributed by atoms with E-state index in [0.717, 1.165) is 25.1 Å². The molecular formula is C20H36O4Si. The lowest BCUT2D eigenvalue weighted by atomic mass is 10.1. The van der Waals surface area contributed by atoms with Gasteiger partial charge in [-0.3, -0.25) is 0 Å². The van der Waals surface area contributed by atoms with Crippen molar-refractivity contribution in [3.05, 3.63) is 18.2 Å². The van der Waals surface area contributed by atoms with Crippen LogP contribution in [0.4, 0.5) is 0 Å². The van der Waals surface area contributed by atoms with Crippen LogP contribution in [0.15, 0.2) is 18.2 Å². The van der Waals surface area contributed by atoms with E-state index in [1.54, 1.807) is 14.2 Å². The van der Waals surface area contributed by atoms with Gasteiger partial charge in [-0.05, 0) is 30.6 Å². The predicted octanol–water partition coefficient (Wildman–Crippen LogP) is 5.94. The molecule has 0 radical (unpaired) electrons. The van der Waals surface area contributed by atoms with E-state index in [4.69, 9.17) is 18.3 Å². The van der Waals surface area contributed by atoms with Gasteiger partial charge in [-0.1, -0.05) is 58.9 Å². The highest BCUT2D eigenvalue weighted by atomic mass is 28.4. The first kappa shape index (κ1) is 21.8. The summed E-state index contributed by atoms with van der Waals surface area (Å²) in [5, 5.41) is 0. The van der Waals surface area contributed by atoms with E-state index in [0.29, 0.717) is 17.2 Å². The summed E-state index contributed by atoms with van der Waals surface area (Å²) in [6.07, 6.45) is 7.58. The summed E-state index contributed by atoms with van der Waals surface area (Å²) in [5.41, 5.74) is 0. The number of hydrogen-bond donors (Lipinski definition) is 0. The van der Waals surface area contributed by atoms with Crippen molar-refractivity contribution in [1.82, 2.24) is 0 Å². The molecule has 0 heterocycles. The lowest BCUT2D eigenvalue weighted by Crippen LogP contribution is -2.44. The molecule has 0 amide bonds. The van der Waals surface area contributed by atoms with Crippen LogP contribution in [0.2, 0.25) is 12.1 Å². The number of methoxy groups -OCH3 is 2. The van der Waals surface area contributed by atoms with Crippen molar-refractivity contribution >= 4 is 8.56 Å². The minimum Gasteiger partial charge on any atom is -0.515 e. The molecule has 144 valence electrons. The third kappa shape index (κ3) is 6.90. The smallest absolute Gasteiger partial charge is 0.398 e. The van der Waals surface area contributed by atoms with E-state index >= 15 is 0 Å². The summed E-state index contributed by atoms with van der Waals surface area (Å²) in [7, 11) is 0.990. The van der Waals surface area contributed by atoms with Crippen LogP contribution in [0.25, 0.3) is 0 Å². The highest BCUT2D eigenvalue weighted by Gasteiger charge is 2.37. The Kier molecular flexibility index (Phi) is 10.7. The average molecular weight is 369 g/mol. The van der Waals surface area contributed by atoms with E-state index in [9.17, 15) is 0 Å². The Balaban J connectivity index is 2.69. The van der Waals surface area contributed by atoms with Gasteiger partial charge in [-0.2, -0.15) is 0 Å². The van der Waals surface area contributed by atoms with Gasteiger partial charge in [0.25, 0.3) is 0 Å². The predicted molar refractivity (Wildman–Crippen MR) is 106 cm³/mol. The maximum Gasteiger partial charge on any atom is 0.398 e. The van der Waals surface area contributed by atoms with E-state index in [1.165, 1.54) is 32.1 Å². The molecule has 0 saturated heterocycles. The van der Waals surface area contributed by atoms with E-state index < -0.39 is 8.56 Å². The van der Waals surface area contributed by atoms with Crippen molar-refractivity contribution < 1.29 is 18.3 Å². The highest BCUT2D eigenvalue weighted by molar-refractivity contribution is 6.68. The van der Waals surface area contributed by atoms with Crippen LogP contribution in [-0.4, -0.2) is 29.4 Å². The van der Waals surface area contributed by atoms with Crippen LogP contribution in [0.1, 0.15) is 59.3 Å². The van der Waals surface area contributed by atoms with Gasteiger partial charge >= 0.3 is 8.56 Å². The van der Waals surface area contributed by atoms with Crippen molar-refractivity contribution in [3.8, 4) is 17.2 Å². The Bertz CT molecular complexity index is 453. The monoisotopic (exact) mass is 368 g/mol. The molecule has 0 aliphatic rings. The minimum absolute atomic E-state index is 0.672. The molecule has 1 aromatic carbocycles. The van der Waals surface area contributed by atoms with Crippen molar-refractivity contribution in [1.29, 1.82) is 0 Å². The topological polar surface area (TPSA) is 36.9 Å². The number of para-hydroxylation sites is 1. The summed E-state index contributed by atoms with van der Waals surface area (Å²) in [4.78, 5) is 0. The molecule has 0 aromatic heterocycles. The molecule has 1 rings (SSSR count). The second kappa shape index (κ2) is 12.2. The SMILES string of the molecule is CCCCCCCCO[Si](CC)(CC)Oc1c(OC)cccc1OC. The van der Waals surface area contributed by atoms with Gasteiger partial charge in [0.15, 0.2) is 17.2 Å². The fraction of sp³-hybridized carbons (Fsp3) is 0.700. The molecule has 0 bridgehead atoms. The molecule has 1 aromatic rings. The molecular weight excluding hydrogens is 332 g/mol. The molecule has 0 aliphatic carbocycles. The summed E-state index contributed by atoms with van der Waals surface area (Å²) in [5.74, 6) is 2.06. The second-order valence-electron chi connectivity index (χ2n) is 6.33. The van der Waals surface area contributed by atoms with Gasteiger partial charge in [-0.15, -0.1) is 0 Å². The number of hydrogen-bond acceptors (Lipinski definition) is 4. The van der Waals surface area contributed by atoms with Crippen molar-refractivity contribution in [2.24, 2.45) is 0 Å². The van der Waals surface area contributed by atoms with Crippen LogP contribution < -0.4 is 13.9 Å². The van der Waals surface area contributed by atoms with E-state index in [1.807, 2.05) is 18.2 Å². The Morgan fingerprint density at radius 3 is 1.88 bits per heavy atom. The molecule has 0 aliphatic heterocycles. The normalized spacial score (nSPS) is 11.4. The first-order chi connectivity index (χ1) is 12.2. The molecule has 4 nitrogen and oxygen atoms in total. The highest BCUT2D eigenvalue weighted by Crippen LogP contribution is 2.39. The van der Waals surface area contributed by atoms with Gasteiger partial charge in [0.2, 0.25) is 0 Å². The zero-order chi connectivity index (χ0) is 18.5. The Morgan fingerprint density at radius 1 is 0.800 bits per heavy atom. The second-order valence-corrected chi connectivity index (χ2v) is 10.1. The molecule has 0 N–H and O–H groups in total. The zero-order valence-corrected chi connectivity index (χ0v) is 17.7. The summed E-state index contributed by atoms with van der Waals surface area (Å²) < 4.78 is 23.7. The molecule has 0 saturated carbocycles. The Hall–Kier alpha value is -1.20. The average Bonchev–Trinajstić information content (AvgIpc) is 2.66. The van der Waals surface area contributed by atoms with Gasteiger partial charge < -0.3 is 18.3 Å². The lowest BCUT2D eigenvalue weighted by Gasteiger charge is -2.30. The first-order valence-electron chi connectivity index (χ1n) is 9.70. The lowest BCUT2D eigenvalue weighted by molar-refractivity contribution is 0.224. The van der Waals surface area contributed by atoms with Gasteiger partial charge in [-0.25, -0.2) is 0 Å². The molecule has 5 heteroatoms. The van der Waals surface area contributed by atoms with Gasteiger partial charge in [0.1, 0.15) is 0 Å². The van der Waals surface area contributed by atoms with Crippen LogP contribution >= 0.6 is 0 Å². The van der Waals surface area contributed by atoms with Crippen LogP contribution in [0.3, 0.4) is 0 Å². The number of ether oxygens (including phenoxy) is 2. The largest absolute Gasteiger partial charge is 0.515 e. The summed E-state index contributed by atoms with van der Waals surface area (Å²) in [6, 6.07) is 7.51. The van der Waals surface area contributed by atoms with Gasteiger partial charge in [0.05, 0.1) is 14.2 Å². The van der Waals surface area contributed by atoms with Gasteiger partial charge in [0, 0.05) is 6.61 Å². The first-order valence-corrected chi connectivity index (χ1v) is 11.9. The third-order valence-corrected chi connectivity index (χ3v) is 8.07. The quantitative estimate of drug-likeness (QED) is 0.301. The summed E-state index contributed by atoms with van der Waals surface area (Å²) >= 11 is 0. The standard InChI is InChI=1S/C20H36O4Si/c1-6-9-10-11-12-13-17-23-25(7-2,8-3)24-20-18(21-4)15-14-16-19(20)22-5/h14-16H,6-13,17H2,1-5H3. The molecule has 0 unspecified atom stereocenters. The van der Waals surface area contributed by atoms with Crippen LogP contribution in [0, 0.1) is 0 Å². The van der Waals surface area contributed by atoms with Crippen molar-refractivity contribution in [3.63, 3.8) is 0 Å². The molecule has 25 heavy (non-hydrogen) atoms. The molecule has 0 atom stereocenters. The minimum atomic E-state index is -2.31. The number of unbranched alkanes of at least 4 members (excludes halogenated alkanes) is 5. The van der Waals surface area contributed by atoms with Crippen LogP contribution in [-0.2, 0) is 4.43 Å². The fourth-order valence-corrected chi connectivity index (χ4v) is 5.22. The Morgan fingerprint density at radius 2 is 1.36 bits per heavy atom. The number of rotatable bonds is 14. The molecule has 0 spiro atoms. The molecule has 0 fully saturated rings. The Labute approximate surface area is 155 Å². The van der Waals surface area contributed by atoms with E-state index in [-0.39, 0.29) is 0 Å². The summed E-state index contributed by atoms with van der Waals surface area (Å²) in [6.45, 7) is 7.32. The van der Waals surface area contributed by atoms with Crippen molar-refractivity contribution in [2.45, 2.75) is 71.4 Å². The van der Waals surface area contributed by atoms with E-state index in [2.05, 4.69) is 20.8 Å². The maximum absolute atomic E-state index is 6.46.